The van der Waals surface area contributed by atoms with Crippen LogP contribution in [0.4, 0.5) is 0 Å². The van der Waals surface area contributed by atoms with E-state index in [1.165, 1.54) is 12.1 Å². The van der Waals surface area contributed by atoms with E-state index >= 15 is 0 Å². The highest BCUT2D eigenvalue weighted by Crippen LogP contribution is 2.20. The van der Waals surface area contributed by atoms with Crippen LogP contribution in [0.2, 0.25) is 0 Å². The maximum atomic E-state index is 6.16. The first-order valence-corrected chi connectivity index (χ1v) is 7.21. The van der Waals surface area contributed by atoms with Crippen LogP contribution in [0.1, 0.15) is 38.8 Å². The fourth-order valence-corrected chi connectivity index (χ4v) is 2.85. The van der Waals surface area contributed by atoms with Crippen molar-refractivity contribution in [1.29, 1.82) is 0 Å². The zero-order valence-corrected chi connectivity index (χ0v) is 11.7. The van der Waals surface area contributed by atoms with Gasteiger partial charge in [0.1, 0.15) is 0 Å². The molecule has 1 aromatic heterocycles. The molecule has 1 aliphatic rings. The molecule has 2 heterocycles. The summed E-state index contributed by atoms with van der Waals surface area (Å²) in [7, 11) is 0. The minimum atomic E-state index is 0.395. The summed E-state index contributed by atoms with van der Waals surface area (Å²) in [4.78, 5) is 6.80. The average molecular weight is 250 g/mol. The number of hydrogen-bond acceptors (Lipinski definition) is 3. The van der Waals surface area contributed by atoms with Crippen molar-refractivity contribution in [2.75, 3.05) is 13.1 Å². The molecule has 102 valence electrons. The third kappa shape index (κ3) is 3.12. The second kappa shape index (κ2) is 6.34. The predicted molar refractivity (Wildman–Crippen MR) is 74.2 cm³/mol. The first-order valence-electron chi connectivity index (χ1n) is 7.21. The van der Waals surface area contributed by atoms with Gasteiger partial charge in [0, 0.05) is 38.4 Å². The van der Waals surface area contributed by atoms with Crippen molar-refractivity contribution in [3.05, 3.63) is 18.2 Å². The largest absolute Gasteiger partial charge is 0.333 e. The van der Waals surface area contributed by atoms with Crippen molar-refractivity contribution >= 4 is 0 Å². The van der Waals surface area contributed by atoms with Crippen LogP contribution in [0, 0.1) is 5.92 Å². The molecular weight excluding hydrogens is 224 g/mol. The molecule has 0 aromatic carbocycles. The summed E-state index contributed by atoms with van der Waals surface area (Å²) in [6, 6.07) is 0.395. The third-order valence-corrected chi connectivity index (χ3v) is 4.05. The summed E-state index contributed by atoms with van der Waals surface area (Å²) < 4.78 is 2.27. The first-order chi connectivity index (χ1) is 8.74. The number of piperidine rings is 1. The maximum absolute atomic E-state index is 6.16. The molecule has 0 spiro atoms. The van der Waals surface area contributed by atoms with Gasteiger partial charge >= 0.3 is 0 Å². The van der Waals surface area contributed by atoms with E-state index in [0.29, 0.717) is 12.0 Å². The van der Waals surface area contributed by atoms with Crippen LogP contribution >= 0.6 is 0 Å². The molecule has 1 fully saturated rings. The summed E-state index contributed by atoms with van der Waals surface area (Å²) in [5.74, 6) is 0.654. The molecule has 4 nitrogen and oxygen atoms in total. The van der Waals surface area contributed by atoms with Crippen molar-refractivity contribution in [1.82, 2.24) is 14.5 Å². The molecule has 2 N–H and O–H groups in total. The minimum absolute atomic E-state index is 0.395. The van der Waals surface area contributed by atoms with Gasteiger partial charge in [-0.15, -0.1) is 0 Å². The van der Waals surface area contributed by atoms with Gasteiger partial charge in [-0.3, -0.25) is 4.90 Å². The zero-order chi connectivity index (χ0) is 13.0. The van der Waals surface area contributed by atoms with E-state index in [-0.39, 0.29) is 0 Å². The molecule has 0 saturated carbocycles. The van der Waals surface area contributed by atoms with E-state index in [4.69, 9.17) is 5.73 Å². The van der Waals surface area contributed by atoms with Gasteiger partial charge in [-0.1, -0.05) is 20.3 Å². The molecule has 0 amide bonds. The molecular formula is C14H26N4. The van der Waals surface area contributed by atoms with Crippen molar-refractivity contribution in [2.45, 2.75) is 52.2 Å². The van der Waals surface area contributed by atoms with Gasteiger partial charge < -0.3 is 10.3 Å². The topological polar surface area (TPSA) is 47.1 Å². The van der Waals surface area contributed by atoms with Crippen LogP contribution in [-0.2, 0) is 13.1 Å². The second-order valence-corrected chi connectivity index (χ2v) is 5.43. The molecule has 0 bridgehead atoms. The highest BCUT2D eigenvalue weighted by molar-refractivity contribution is 4.99. The van der Waals surface area contributed by atoms with Crippen molar-refractivity contribution < 1.29 is 0 Å². The Hall–Kier alpha value is -0.870. The van der Waals surface area contributed by atoms with Crippen LogP contribution in [0.5, 0.6) is 0 Å². The number of hydrogen-bond donors (Lipinski definition) is 1. The molecule has 2 atom stereocenters. The van der Waals surface area contributed by atoms with Gasteiger partial charge in [0.25, 0.3) is 0 Å². The number of nitrogens with zero attached hydrogens (tertiary/aromatic N) is 3. The molecule has 1 aliphatic heterocycles. The van der Waals surface area contributed by atoms with Crippen LogP contribution in [-0.4, -0.2) is 33.6 Å². The Labute approximate surface area is 110 Å². The van der Waals surface area contributed by atoms with Gasteiger partial charge in [0.2, 0.25) is 0 Å². The summed E-state index contributed by atoms with van der Waals surface area (Å²) in [6.45, 7) is 8.79. The summed E-state index contributed by atoms with van der Waals surface area (Å²) in [5.41, 5.74) is 7.49. The maximum Gasteiger partial charge on any atom is 0.0948 e. The first kappa shape index (κ1) is 13.6. The highest BCUT2D eigenvalue weighted by atomic mass is 15.2. The highest BCUT2D eigenvalue weighted by Gasteiger charge is 2.25. The second-order valence-electron chi connectivity index (χ2n) is 5.43. The predicted octanol–water partition coefficient (Wildman–Crippen LogP) is 1.85. The van der Waals surface area contributed by atoms with E-state index in [1.54, 1.807) is 0 Å². The van der Waals surface area contributed by atoms with E-state index in [2.05, 4.69) is 28.3 Å². The third-order valence-electron chi connectivity index (χ3n) is 4.05. The fourth-order valence-electron chi connectivity index (χ4n) is 2.85. The van der Waals surface area contributed by atoms with E-state index in [0.717, 1.165) is 39.0 Å². The quantitative estimate of drug-likeness (QED) is 0.867. The lowest BCUT2D eigenvalue weighted by Crippen LogP contribution is -2.46. The van der Waals surface area contributed by atoms with Crippen molar-refractivity contribution in [2.24, 2.45) is 11.7 Å². The van der Waals surface area contributed by atoms with Crippen molar-refractivity contribution in [3.63, 3.8) is 0 Å². The molecule has 1 aromatic rings. The van der Waals surface area contributed by atoms with Gasteiger partial charge in [0.15, 0.2) is 0 Å². The molecule has 1 saturated heterocycles. The Bertz CT molecular complexity index is 360. The number of rotatable bonds is 5. The minimum Gasteiger partial charge on any atom is -0.333 e. The molecule has 0 aliphatic carbocycles. The van der Waals surface area contributed by atoms with Gasteiger partial charge in [0.05, 0.1) is 12.0 Å². The average Bonchev–Trinajstić information content (AvgIpc) is 2.80. The lowest BCUT2D eigenvalue weighted by Gasteiger charge is -2.36. The lowest BCUT2D eigenvalue weighted by atomic mass is 9.91. The number of aryl methyl sites for hydroxylation is 1. The number of nitrogens with two attached hydrogens (primary N) is 1. The molecule has 4 heteroatoms. The molecule has 2 rings (SSSR count). The molecule has 0 radical (unpaired) electrons. The van der Waals surface area contributed by atoms with E-state index in [1.807, 2.05) is 12.5 Å². The van der Waals surface area contributed by atoms with Gasteiger partial charge in [-0.2, -0.15) is 0 Å². The smallest absolute Gasteiger partial charge is 0.0948 e. The Morgan fingerprint density at radius 1 is 1.44 bits per heavy atom. The Kier molecular flexibility index (Phi) is 4.78. The molecule has 2 unspecified atom stereocenters. The molecule has 18 heavy (non-hydrogen) atoms. The monoisotopic (exact) mass is 250 g/mol. The van der Waals surface area contributed by atoms with E-state index in [9.17, 15) is 0 Å². The number of likely N-dealkylation sites (tertiary alicyclic amines) is 1. The van der Waals surface area contributed by atoms with E-state index < -0.39 is 0 Å². The number of aromatic nitrogens is 2. The Morgan fingerprint density at radius 2 is 2.28 bits per heavy atom. The van der Waals surface area contributed by atoms with Crippen molar-refractivity contribution in [3.8, 4) is 0 Å². The van der Waals surface area contributed by atoms with Crippen LogP contribution in [0.15, 0.2) is 12.5 Å². The van der Waals surface area contributed by atoms with Crippen LogP contribution < -0.4 is 5.73 Å². The van der Waals surface area contributed by atoms with Crippen LogP contribution in [0.25, 0.3) is 0 Å². The zero-order valence-electron chi connectivity index (χ0n) is 11.7. The summed E-state index contributed by atoms with van der Waals surface area (Å²) >= 11 is 0. The fraction of sp³-hybridized carbons (Fsp3) is 0.786. The Balaban J connectivity index is 1.94. The number of imidazole rings is 1. The SMILES string of the molecule is CCCn1cncc1CN1CCC(N)C(CC)C1. The van der Waals surface area contributed by atoms with Crippen LogP contribution in [0.3, 0.4) is 0 Å². The van der Waals surface area contributed by atoms with Gasteiger partial charge in [-0.05, 0) is 18.8 Å². The lowest BCUT2D eigenvalue weighted by molar-refractivity contribution is 0.142. The van der Waals surface area contributed by atoms with Gasteiger partial charge in [-0.25, -0.2) is 4.98 Å². The summed E-state index contributed by atoms with van der Waals surface area (Å²) in [6.07, 6.45) is 7.43. The standard InChI is InChI=1S/C14H26N4/c1-3-6-18-11-16-8-13(18)10-17-7-5-14(15)12(4-2)9-17/h8,11-12,14H,3-7,9-10,15H2,1-2H3. The Morgan fingerprint density at radius 3 is 3.00 bits per heavy atom. The summed E-state index contributed by atoms with van der Waals surface area (Å²) in [5, 5.41) is 0. The normalized spacial score (nSPS) is 25.5.